The third-order valence-electron chi connectivity index (χ3n) is 2.96. The summed E-state index contributed by atoms with van der Waals surface area (Å²) < 4.78 is 0. The summed E-state index contributed by atoms with van der Waals surface area (Å²) in [7, 11) is 0. The zero-order chi connectivity index (χ0) is 13.1. The fourth-order valence-electron chi connectivity index (χ4n) is 1.87. The molecule has 0 fully saturated rings. The number of tetrazole rings is 1. The van der Waals surface area contributed by atoms with E-state index in [1.165, 1.54) is 11.1 Å². The van der Waals surface area contributed by atoms with E-state index in [1.807, 2.05) is 24.3 Å². The van der Waals surface area contributed by atoms with Crippen molar-refractivity contribution in [2.75, 3.05) is 0 Å². The van der Waals surface area contributed by atoms with Crippen LogP contribution in [0, 0.1) is 6.92 Å². The van der Waals surface area contributed by atoms with Crippen LogP contribution in [0.4, 0.5) is 0 Å². The summed E-state index contributed by atoms with van der Waals surface area (Å²) in [4.78, 5) is 5.58. The molecule has 0 aliphatic rings. The van der Waals surface area contributed by atoms with Gasteiger partial charge in [-0.25, -0.2) is 0 Å². The summed E-state index contributed by atoms with van der Waals surface area (Å²) in [5, 5.41) is 12.5. The van der Waals surface area contributed by atoms with Gasteiger partial charge in [-0.2, -0.15) is 4.80 Å². The van der Waals surface area contributed by atoms with Crippen molar-refractivity contribution in [1.82, 2.24) is 25.2 Å². The summed E-state index contributed by atoms with van der Waals surface area (Å²) in [6.45, 7) is 2.71. The maximum absolute atomic E-state index is 4.38. The van der Waals surface area contributed by atoms with E-state index in [9.17, 15) is 0 Å². The van der Waals surface area contributed by atoms with E-state index in [1.54, 1.807) is 17.2 Å². The molecule has 0 N–H and O–H groups in total. The van der Waals surface area contributed by atoms with Gasteiger partial charge in [0.2, 0.25) is 5.82 Å². The summed E-state index contributed by atoms with van der Waals surface area (Å²) in [5.41, 5.74) is 3.34. The van der Waals surface area contributed by atoms with E-state index in [0.717, 1.165) is 5.56 Å². The van der Waals surface area contributed by atoms with Gasteiger partial charge in [0, 0.05) is 18.0 Å². The molecule has 1 aromatic carbocycles. The maximum atomic E-state index is 4.38. The van der Waals surface area contributed by atoms with Crippen LogP contribution in [-0.2, 0) is 6.54 Å². The second kappa shape index (κ2) is 4.97. The molecule has 5 heteroatoms. The number of nitrogens with zero attached hydrogens (tertiary/aromatic N) is 5. The van der Waals surface area contributed by atoms with Crippen LogP contribution < -0.4 is 0 Å². The molecule has 0 amide bonds. The molecule has 3 rings (SSSR count). The second-order valence-corrected chi connectivity index (χ2v) is 4.31. The lowest BCUT2D eigenvalue weighted by Crippen LogP contribution is -2.05. The van der Waals surface area contributed by atoms with Crippen molar-refractivity contribution < 1.29 is 0 Å². The van der Waals surface area contributed by atoms with Crippen LogP contribution in [0.1, 0.15) is 11.1 Å². The molecule has 2 aromatic heterocycles. The predicted octanol–water partition coefficient (Wildman–Crippen LogP) is 2.09. The van der Waals surface area contributed by atoms with Crippen molar-refractivity contribution in [2.24, 2.45) is 0 Å². The first-order valence-corrected chi connectivity index (χ1v) is 6.05. The minimum Gasteiger partial charge on any atom is -0.265 e. The van der Waals surface area contributed by atoms with Crippen molar-refractivity contribution in [3.63, 3.8) is 0 Å². The molecule has 0 aliphatic heterocycles. The second-order valence-electron chi connectivity index (χ2n) is 4.31. The average Bonchev–Trinajstić information content (AvgIpc) is 2.91. The minimum absolute atomic E-state index is 0.621. The smallest absolute Gasteiger partial charge is 0.205 e. The molecule has 3 aromatic rings. The number of aromatic nitrogens is 5. The zero-order valence-corrected chi connectivity index (χ0v) is 10.6. The molecule has 0 spiro atoms. The van der Waals surface area contributed by atoms with Crippen LogP contribution >= 0.6 is 0 Å². The Morgan fingerprint density at radius 1 is 1.05 bits per heavy atom. The molecule has 0 unspecified atom stereocenters. The fraction of sp³-hybridized carbons (Fsp3) is 0.143. The van der Waals surface area contributed by atoms with Crippen LogP contribution in [0.25, 0.3) is 11.4 Å². The Morgan fingerprint density at radius 3 is 2.63 bits per heavy atom. The van der Waals surface area contributed by atoms with Crippen LogP contribution in [0.15, 0.2) is 48.8 Å². The first-order valence-electron chi connectivity index (χ1n) is 6.05. The molecule has 0 atom stereocenters. The Balaban J connectivity index is 1.85. The Kier molecular flexibility index (Phi) is 3.02. The average molecular weight is 251 g/mol. The standard InChI is InChI=1S/C14H13N5/c1-11-4-2-3-5-13(11)10-19-17-14(16-18-19)12-6-8-15-9-7-12/h2-9H,10H2,1H3. The lowest BCUT2D eigenvalue weighted by atomic mass is 10.1. The monoisotopic (exact) mass is 251 g/mol. The predicted molar refractivity (Wildman–Crippen MR) is 71.3 cm³/mol. The summed E-state index contributed by atoms with van der Waals surface area (Å²) in [5.74, 6) is 0.621. The van der Waals surface area contributed by atoms with Gasteiger partial charge in [0.1, 0.15) is 0 Å². The lowest BCUT2D eigenvalue weighted by Gasteiger charge is -2.03. The van der Waals surface area contributed by atoms with Gasteiger partial charge >= 0.3 is 0 Å². The molecule has 94 valence electrons. The van der Waals surface area contributed by atoms with Crippen molar-refractivity contribution in [3.05, 3.63) is 59.9 Å². The lowest BCUT2D eigenvalue weighted by molar-refractivity contribution is 0.571. The normalized spacial score (nSPS) is 10.6. The minimum atomic E-state index is 0.621. The van der Waals surface area contributed by atoms with Gasteiger partial charge in [0.05, 0.1) is 6.54 Å². The van der Waals surface area contributed by atoms with Crippen LogP contribution in [0.5, 0.6) is 0 Å². The highest BCUT2D eigenvalue weighted by Gasteiger charge is 2.06. The van der Waals surface area contributed by atoms with E-state index in [2.05, 4.69) is 39.5 Å². The molecule has 5 nitrogen and oxygen atoms in total. The Morgan fingerprint density at radius 2 is 1.84 bits per heavy atom. The van der Waals surface area contributed by atoms with Gasteiger partial charge in [0.25, 0.3) is 0 Å². The molecule has 0 aliphatic carbocycles. The number of hydrogen-bond acceptors (Lipinski definition) is 4. The van der Waals surface area contributed by atoms with Crippen LogP contribution in [0.3, 0.4) is 0 Å². The third kappa shape index (κ3) is 2.49. The molecule has 2 heterocycles. The van der Waals surface area contributed by atoms with E-state index < -0.39 is 0 Å². The van der Waals surface area contributed by atoms with Crippen LogP contribution in [0.2, 0.25) is 0 Å². The molecule has 19 heavy (non-hydrogen) atoms. The summed E-state index contributed by atoms with van der Waals surface area (Å²) >= 11 is 0. The van der Waals surface area contributed by atoms with Crippen molar-refractivity contribution >= 4 is 0 Å². The maximum Gasteiger partial charge on any atom is 0.205 e. The van der Waals surface area contributed by atoms with Gasteiger partial charge in [-0.1, -0.05) is 24.3 Å². The highest BCUT2D eigenvalue weighted by atomic mass is 15.6. The Bertz CT molecular complexity index is 675. The van der Waals surface area contributed by atoms with Crippen LogP contribution in [-0.4, -0.2) is 25.2 Å². The first-order chi connectivity index (χ1) is 9.33. The van der Waals surface area contributed by atoms with Crippen molar-refractivity contribution in [2.45, 2.75) is 13.5 Å². The number of hydrogen-bond donors (Lipinski definition) is 0. The van der Waals surface area contributed by atoms with Gasteiger partial charge < -0.3 is 0 Å². The van der Waals surface area contributed by atoms with Gasteiger partial charge in [-0.15, -0.1) is 10.2 Å². The van der Waals surface area contributed by atoms with Gasteiger partial charge in [0.15, 0.2) is 0 Å². The highest BCUT2D eigenvalue weighted by molar-refractivity contribution is 5.52. The fourth-order valence-corrected chi connectivity index (χ4v) is 1.87. The first kappa shape index (κ1) is 11.5. The third-order valence-corrected chi connectivity index (χ3v) is 2.96. The zero-order valence-electron chi connectivity index (χ0n) is 10.6. The largest absolute Gasteiger partial charge is 0.265 e. The van der Waals surface area contributed by atoms with E-state index in [0.29, 0.717) is 12.4 Å². The van der Waals surface area contributed by atoms with E-state index in [-0.39, 0.29) is 0 Å². The highest BCUT2D eigenvalue weighted by Crippen LogP contribution is 2.12. The Labute approximate surface area is 110 Å². The molecule has 0 saturated heterocycles. The SMILES string of the molecule is Cc1ccccc1Cn1nnc(-c2ccncc2)n1. The topological polar surface area (TPSA) is 56.5 Å². The van der Waals surface area contributed by atoms with E-state index in [4.69, 9.17) is 0 Å². The quantitative estimate of drug-likeness (QED) is 0.715. The number of aryl methyl sites for hydroxylation is 1. The van der Waals surface area contributed by atoms with Crippen molar-refractivity contribution in [1.29, 1.82) is 0 Å². The summed E-state index contributed by atoms with van der Waals surface area (Å²) in [6.07, 6.45) is 3.44. The van der Waals surface area contributed by atoms with Crippen molar-refractivity contribution in [3.8, 4) is 11.4 Å². The van der Waals surface area contributed by atoms with Gasteiger partial charge in [-0.05, 0) is 35.4 Å². The number of pyridine rings is 1. The number of rotatable bonds is 3. The Hall–Kier alpha value is -2.56. The molecule has 0 bridgehead atoms. The van der Waals surface area contributed by atoms with E-state index >= 15 is 0 Å². The van der Waals surface area contributed by atoms with Gasteiger partial charge in [-0.3, -0.25) is 4.98 Å². The molecular weight excluding hydrogens is 238 g/mol. The molecule has 0 radical (unpaired) electrons. The molecule has 0 saturated carbocycles. The summed E-state index contributed by atoms with van der Waals surface area (Å²) in [6, 6.07) is 11.9. The number of benzene rings is 1. The molecular formula is C14H13N5.